The Hall–Kier alpha value is -0.650. The van der Waals surface area contributed by atoms with Crippen LogP contribution in [0, 0.1) is 6.92 Å². The van der Waals surface area contributed by atoms with Gasteiger partial charge in [0.15, 0.2) is 0 Å². The number of carbonyl (C=O) groups excluding carboxylic acids is 1. The average molecular weight is 429 g/mol. The standard InChI is InChI=1S/C16H15Br2NOS/c1-10-8-14(21-15(10)18)16(20)19(12-6-7-12)9-11-4-2-3-5-13(11)17/h2-5,8,12H,6-7,9H2,1H3. The summed E-state index contributed by atoms with van der Waals surface area (Å²) in [5.74, 6) is 0.145. The Kier molecular flexibility index (Phi) is 4.52. The summed E-state index contributed by atoms with van der Waals surface area (Å²) in [6.45, 7) is 2.69. The molecule has 3 rings (SSSR count). The number of benzene rings is 1. The van der Waals surface area contributed by atoms with E-state index in [-0.39, 0.29) is 5.91 Å². The predicted molar refractivity (Wildman–Crippen MR) is 93.8 cm³/mol. The molecule has 110 valence electrons. The van der Waals surface area contributed by atoms with Crippen LogP contribution in [0.1, 0.15) is 33.6 Å². The van der Waals surface area contributed by atoms with E-state index in [1.807, 2.05) is 36.1 Å². The number of carbonyl (C=O) groups is 1. The van der Waals surface area contributed by atoms with Crippen LogP contribution >= 0.6 is 43.2 Å². The fourth-order valence-corrected chi connectivity index (χ4v) is 4.17. The maximum absolute atomic E-state index is 12.8. The molecule has 1 aromatic heterocycles. The van der Waals surface area contributed by atoms with E-state index in [1.54, 1.807) is 0 Å². The maximum atomic E-state index is 12.8. The molecule has 0 spiro atoms. The monoisotopic (exact) mass is 427 g/mol. The quantitative estimate of drug-likeness (QED) is 0.639. The van der Waals surface area contributed by atoms with E-state index in [0.717, 1.165) is 37.1 Å². The van der Waals surface area contributed by atoms with E-state index in [1.165, 1.54) is 11.3 Å². The van der Waals surface area contributed by atoms with Gasteiger partial charge in [-0.2, -0.15) is 0 Å². The van der Waals surface area contributed by atoms with Crippen LogP contribution in [0.5, 0.6) is 0 Å². The molecule has 1 saturated carbocycles. The largest absolute Gasteiger partial charge is 0.331 e. The molecule has 2 nitrogen and oxygen atoms in total. The van der Waals surface area contributed by atoms with Gasteiger partial charge in [-0.05, 0) is 59.0 Å². The van der Waals surface area contributed by atoms with Crippen LogP contribution < -0.4 is 0 Å². The summed E-state index contributed by atoms with van der Waals surface area (Å²) in [7, 11) is 0. The number of hydrogen-bond donors (Lipinski definition) is 0. The highest BCUT2D eigenvalue weighted by molar-refractivity contribution is 9.11. The van der Waals surface area contributed by atoms with Crippen molar-refractivity contribution in [3.8, 4) is 0 Å². The van der Waals surface area contributed by atoms with Crippen molar-refractivity contribution in [1.82, 2.24) is 4.90 Å². The summed E-state index contributed by atoms with van der Waals surface area (Å²) in [5, 5.41) is 0. The smallest absolute Gasteiger partial charge is 0.264 e. The van der Waals surface area contributed by atoms with Gasteiger partial charge in [-0.25, -0.2) is 0 Å². The summed E-state index contributed by atoms with van der Waals surface area (Å²) < 4.78 is 2.11. The minimum atomic E-state index is 0.145. The summed E-state index contributed by atoms with van der Waals surface area (Å²) in [5.41, 5.74) is 2.28. The lowest BCUT2D eigenvalue weighted by molar-refractivity contribution is 0.0734. The second-order valence-electron chi connectivity index (χ2n) is 5.32. The molecule has 2 aromatic rings. The first-order valence-electron chi connectivity index (χ1n) is 6.86. The fourth-order valence-electron chi connectivity index (χ4n) is 2.27. The Morgan fingerprint density at radius 2 is 2.05 bits per heavy atom. The van der Waals surface area contributed by atoms with Crippen LogP contribution in [0.2, 0.25) is 0 Å². The van der Waals surface area contributed by atoms with Gasteiger partial charge < -0.3 is 4.90 Å². The molecule has 1 heterocycles. The number of halogens is 2. The third-order valence-electron chi connectivity index (χ3n) is 3.62. The topological polar surface area (TPSA) is 20.3 Å². The Bertz CT molecular complexity index is 659. The average Bonchev–Trinajstić information content (AvgIpc) is 3.24. The Morgan fingerprint density at radius 3 is 2.62 bits per heavy atom. The van der Waals surface area contributed by atoms with Crippen molar-refractivity contribution in [3.63, 3.8) is 0 Å². The second kappa shape index (κ2) is 6.23. The first kappa shape index (κ1) is 15.3. The molecule has 1 aromatic carbocycles. The highest BCUT2D eigenvalue weighted by Crippen LogP contribution is 2.34. The van der Waals surface area contributed by atoms with Gasteiger partial charge in [-0.1, -0.05) is 34.1 Å². The van der Waals surface area contributed by atoms with Crippen LogP contribution in [0.15, 0.2) is 38.6 Å². The summed E-state index contributed by atoms with van der Waals surface area (Å²) in [6, 6.07) is 10.5. The van der Waals surface area contributed by atoms with Crippen LogP contribution in [-0.2, 0) is 6.54 Å². The molecule has 1 fully saturated rings. The zero-order valence-electron chi connectivity index (χ0n) is 11.6. The van der Waals surface area contributed by atoms with E-state index in [0.29, 0.717) is 12.6 Å². The molecule has 0 aliphatic heterocycles. The number of amides is 1. The minimum Gasteiger partial charge on any atom is -0.331 e. The van der Waals surface area contributed by atoms with Crippen molar-refractivity contribution in [2.45, 2.75) is 32.4 Å². The summed E-state index contributed by atoms with van der Waals surface area (Å²) in [4.78, 5) is 15.6. The van der Waals surface area contributed by atoms with E-state index in [4.69, 9.17) is 0 Å². The lowest BCUT2D eigenvalue weighted by Gasteiger charge is -2.22. The number of hydrogen-bond acceptors (Lipinski definition) is 2. The van der Waals surface area contributed by atoms with E-state index in [9.17, 15) is 4.79 Å². The molecule has 1 amide bonds. The van der Waals surface area contributed by atoms with Gasteiger partial charge >= 0.3 is 0 Å². The van der Waals surface area contributed by atoms with Gasteiger partial charge in [0.05, 0.1) is 8.66 Å². The summed E-state index contributed by atoms with van der Waals surface area (Å²) >= 11 is 8.60. The Morgan fingerprint density at radius 1 is 1.33 bits per heavy atom. The van der Waals surface area contributed by atoms with Crippen LogP contribution in [0.3, 0.4) is 0 Å². The van der Waals surface area contributed by atoms with Crippen LogP contribution in [0.25, 0.3) is 0 Å². The van der Waals surface area contributed by atoms with Gasteiger partial charge in [0.25, 0.3) is 5.91 Å². The van der Waals surface area contributed by atoms with E-state index < -0.39 is 0 Å². The molecule has 0 radical (unpaired) electrons. The van der Waals surface area contributed by atoms with Gasteiger partial charge in [-0.15, -0.1) is 11.3 Å². The zero-order chi connectivity index (χ0) is 15.0. The third kappa shape index (κ3) is 3.41. The fraction of sp³-hybridized carbons (Fsp3) is 0.312. The molecule has 0 atom stereocenters. The van der Waals surface area contributed by atoms with Crippen molar-refractivity contribution in [2.75, 3.05) is 0 Å². The normalized spacial score (nSPS) is 14.2. The Balaban J connectivity index is 1.85. The van der Waals surface area contributed by atoms with Gasteiger partial charge in [-0.3, -0.25) is 4.79 Å². The lowest BCUT2D eigenvalue weighted by atomic mass is 10.2. The van der Waals surface area contributed by atoms with Crippen molar-refractivity contribution in [1.29, 1.82) is 0 Å². The molecule has 21 heavy (non-hydrogen) atoms. The van der Waals surface area contributed by atoms with Gasteiger partial charge in [0.2, 0.25) is 0 Å². The molecule has 0 N–H and O–H groups in total. The minimum absolute atomic E-state index is 0.145. The first-order valence-corrected chi connectivity index (χ1v) is 9.27. The molecule has 0 bridgehead atoms. The van der Waals surface area contributed by atoms with Crippen molar-refractivity contribution in [2.24, 2.45) is 0 Å². The molecule has 1 aliphatic rings. The molecule has 0 unspecified atom stereocenters. The Labute approximate surface area is 145 Å². The maximum Gasteiger partial charge on any atom is 0.264 e. The second-order valence-corrected chi connectivity index (χ2v) is 8.55. The summed E-state index contributed by atoms with van der Waals surface area (Å²) in [6.07, 6.45) is 2.23. The molecule has 5 heteroatoms. The number of nitrogens with zero attached hydrogens (tertiary/aromatic N) is 1. The van der Waals surface area contributed by atoms with E-state index in [2.05, 4.69) is 37.9 Å². The number of rotatable bonds is 4. The SMILES string of the molecule is Cc1cc(C(=O)N(Cc2ccccc2Br)C2CC2)sc1Br. The molecule has 1 aliphatic carbocycles. The van der Waals surface area contributed by atoms with Crippen molar-refractivity contribution in [3.05, 3.63) is 54.6 Å². The third-order valence-corrected chi connectivity index (χ3v) is 6.51. The van der Waals surface area contributed by atoms with Gasteiger partial charge in [0.1, 0.15) is 0 Å². The van der Waals surface area contributed by atoms with Gasteiger partial charge in [0, 0.05) is 17.1 Å². The number of aryl methyl sites for hydroxylation is 1. The van der Waals surface area contributed by atoms with Crippen LogP contribution in [-0.4, -0.2) is 16.8 Å². The highest BCUT2D eigenvalue weighted by Gasteiger charge is 2.34. The van der Waals surface area contributed by atoms with E-state index >= 15 is 0 Å². The van der Waals surface area contributed by atoms with Crippen molar-refractivity contribution < 1.29 is 4.79 Å². The number of thiophene rings is 1. The first-order chi connectivity index (χ1) is 10.1. The molecular weight excluding hydrogens is 414 g/mol. The molecular formula is C16H15Br2NOS. The zero-order valence-corrected chi connectivity index (χ0v) is 15.6. The predicted octanol–water partition coefficient (Wildman–Crippen LogP) is 5.39. The van der Waals surface area contributed by atoms with Crippen LogP contribution in [0.4, 0.5) is 0 Å². The van der Waals surface area contributed by atoms with Crippen molar-refractivity contribution >= 4 is 49.1 Å². The lowest BCUT2D eigenvalue weighted by Crippen LogP contribution is -2.32. The molecule has 0 saturated heterocycles. The highest BCUT2D eigenvalue weighted by atomic mass is 79.9.